The van der Waals surface area contributed by atoms with Crippen LogP contribution in [-0.4, -0.2) is 34.0 Å². The second-order valence-corrected chi connectivity index (χ2v) is 11.6. The van der Waals surface area contributed by atoms with E-state index in [-0.39, 0.29) is 5.92 Å². The topological polar surface area (TPSA) is 45.3 Å². The molecule has 2 saturated heterocycles. The van der Waals surface area contributed by atoms with Gasteiger partial charge in [-0.15, -0.1) is 0 Å². The number of hydrogen-bond acceptors (Lipinski definition) is 2. The minimum absolute atomic E-state index is 0.165. The first-order valence-electron chi connectivity index (χ1n) is 12.3. The predicted molar refractivity (Wildman–Crippen MR) is 126 cm³/mol. The Morgan fingerprint density at radius 1 is 1.23 bits per heavy atom. The van der Waals surface area contributed by atoms with E-state index in [0.29, 0.717) is 35.9 Å². The van der Waals surface area contributed by atoms with Crippen LogP contribution in [0.4, 0.5) is 0 Å². The van der Waals surface area contributed by atoms with Crippen molar-refractivity contribution in [1.82, 2.24) is 9.88 Å². The van der Waals surface area contributed by atoms with E-state index in [1.165, 1.54) is 16.5 Å². The first-order chi connectivity index (χ1) is 14.7. The predicted octanol–water partition coefficient (Wildman–Crippen LogP) is 6.33. The molecule has 3 fully saturated rings. The number of rotatable bonds is 5. The van der Waals surface area contributed by atoms with E-state index in [1.54, 1.807) is 0 Å². The standard InChI is InChI=1S/C27H38N2O2/c1-16-10-19-13-27(4,5)14-20(11-16)29(19)24(30)12-18(3)22-15-28-23-9-6-17(2)26(25(22)23)31-21-7-8-21/h6,9,15-16,18-21,28H,7-8,10-14H2,1-5H3. The van der Waals surface area contributed by atoms with Crippen molar-refractivity contribution in [1.29, 1.82) is 0 Å². The number of fused-ring (bicyclic) bond motifs is 3. The Morgan fingerprint density at radius 3 is 2.55 bits per heavy atom. The number of aromatic nitrogens is 1. The first kappa shape index (κ1) is 20.9. The number of nitrogens with one attached hydrogen (secondary N) is 1. The Balaban J connectivity index is 1.39. The fourth-order valence-corrected chi connectivity index (χ4v) is 6.37. The molecule has 1 saturated carbocycles. The maximum Gasteiger partial charge on any atom is 0.223 e. The van der Waals surface area contributed by atoms with Crippen LogP contribution in [0.2, 0.25) is 0 Å². The Labute approximate surface area is 186 Å². The lowest BCUT2D eigenvalue weighted by Gasteiger charge is -2.53. The number of benzene rings is 1. The van der Waals surface area contributed by atoms with Gasteiger partial charge in [0, 0.05) is 35.6 Å². The number of amides is 1. The Hall–Kier alpha value is -1.97. The summed E-state index contributed by atoms with van der Waals surface area (Å²) in [6, 6.07) is 5.10. The number of aromatic amines is 1. The zero-order valence-corrected chi connectivity index (χ0v) is 19.8. The summed E-state index contributed by atoms with van der Waals surface area (Å²) in [6.45, 7) is 11.4. The Kier molecular flexibility index (Phi) is 5.10. The van der Waals surface area contributed by atoms with Crippen molar-refractivity contribution in [3.8, 4) is 5.75 Å². The van der Waals surface area contributed by atoms with Crippen molar-refractivity contribution in [3.05, 3.63) is 29.5 Å². The quantitative estimate of drug-likeness (QED) is 0.612. The molecule has 0 radical (unpaired) electrons. The molecule has 2 aliphatic heterocycles. The maximum absolute atomic E-state index is 13.6. The van der Waals surface area contributed by atoms with Gasteiger partial charge in [0.2, 0.25) is 5.91 Å². The Morgan fingerprint density at radius 2 is 1.90 bits per heavy atom. The highest BCUT2D eigenvalue weighted by molar-refractivity contribution is 5.91. The van der Waals surface area contributed by atoms with E-state index in [2.05, 4.69) is 62.8 Å². The molecular weight excluding hydrogens is 384 g/mol. The van der Waals surface area contributed by atoms with Crippen molar-refractivity contribution in [3.63, 3.8) is 0 Å². The van der Waals surface area contributed by atoms with Gasteiger partial charge >= 0.3 is 0 Å². The van der Waals surface area contributed by atoms with Crippen molar-refractivity contribution in [2.75, 3.05) is 0 Å². The molecule has 2 aromatic rings. The molecule has 4 nitrogen and oxygen atoms in total. The monoisotopic (exact) mass is 422 g/mol. The van der Waals surface area contributed by atoms with Crippen molar-refractivity contribution < 1.29 is 9.53 Å². The molecule has 3 aliphatic rings. The summed E-state index contributed by atoms with van der Waals surface area (Å²) in [4.78, 5) is 19.3. The molecule has 1 aromatic carbocycles. The normalized spacial score (nSPS) is 28.5. The average molecular weight is 423 g/mol. The third-order valence-electron chi connectivity index (χ3n) is 7.85. The highest BCUT2D eigenvalue weighted by Gasteiger charge is 2.45. The van der Waals surface area contributed by atoms with Crippen LogP contribution in [0.3, 0.4) is 0 Å². The van der Waals surface area contributed by atoms with E-state index in [1.807, 2.05) is 0 Å². The molecule has 3 atom stereocenters. The number of aryl methyl sites for hydroxylation is 1. The molecule has 4 heteroatoms. The van der Waals surface area contributed by atoms with E-state index in [0.717, 1.165) is 55.7 Å². The highest BCUT2D eigenvalue weighted by Crippen LogP contribution is 2.46. The molecule has 3 unspecified atom stereocenters. The van der Waals surface area contributed by atoms with Crippen LogP contribution < -0.4 is 4.74 Å². The van der Waals surface area contributed by atoms with Gasteiger partial charge < -0.3 is 14.6 Å². The van der Waals surface area contributed by atoms with Crippen LogP contribution >= 0.6 is 0 Å². The van der Waals surface area contributed by atoms with Crippen molar-refractivity contribution >= 4 is 16.8 Å². The SMILES string of the molecule is Cc1ccc2[nH]cc(C(C)CC(=O)N3C4CC(C)CC3CC(C)(C)C4)c2c1OC1CC1. The van der Waals surface area contributed by atoms with Gasteiger partial charge in [-0.25, -0.2) is 0 Å². The first-order valence-corrected chi connectivity index (χ1v) is 12.3. The summed E-state index contributed by atoms with van der Waals surface area (Å²) in [5, 5.41) is 1.18. The van der Waals surface area contributed by atoms with Crippen LogP contribution in [0.5, 0.6) is 5.75 Å². The van der Waals surface area contributed by atoms with Gasteiger partial charge in [-0.2, -0.15) is 0 Å². The smallest absolute Gasteiger partial charge is 0.223 e. The molecule has 1 aromatic heterocycles. The van der Waals surface area contributed by atoms with Crippen molar-refractivity contribution in [2.45, 2.75) is 104 Å². The minimum Gasteiger partial charge on any atom is -0.489 e. The summed E-state index contributed by atoms with van der Waals surface area (Å²) < 4.78 is 6.32. The van der Waals surface area contributed by atoms with Crippen LogP contribution in [0.25, 0.3) is 10.9 Å². The van der Waals surface area contributed by atoms with Crippen LogP contribution in [-0.2, 0) is 4.79 Å². The number of carbonyl (C=O) groups excluding carboxylic acids is 1. The molecule has 0 spiro atoms. The summed E-state index contributed by atoms with van der Waals surface area (Å²) in [7, 11) is 0. The van der Waals surface area contributed by atoms with Gasteiger partial charge in [-0.05, 0) is 79.9 Å². The number of hydrogen-bond donors (Lipinski definition) is 1. The molecule has 1 amide bonds. The zero-order chi connectivity index (χ0) is 21.9. The van der Waals surface area contributed by atoms with Crippen LogP contribution in [0.15, 0.2) is 18.3 Å². The largest absolute Gasteiger partial charge is 0.489 e. The number of carbonyl (C=O) groups is 1. The van der Waals surface area contributed by atoms with Gasteiger partial charge in [0.15, 0.2) is 0 Å². The van der Waals surface area contributed by atoms with Gasteiger partial charge in [0.05, 0.1) is 6.10 Å². The van der Waals surface area contributed by atoms with Crippen LogP contribution in [0, 0.1) is 18.3 Å². The van der Waals surface area contributed by atoms with E-state index in [9.17, 15) is 4.79 Å². The minimum atomic E-state index is 0.165. The third-order valence-corrected chi connectivity index (χ3v) is 7.85. The highest BCUT2D eigenvalue weighted by atomic mass is 16.5. The summed E-state index contributed by atoms with van der Waals surface area (Å²) >= 11 is 0. The van der Waals surface area contributed by atoms with E-state index >= 15 is 0 Å². The molecule has 2 bridgehead atoms. The number of ether oxygens (including phenoxy) is 1. The molecular formula is C27H38N2O2. The molecule has 5 rings (SSSR count). The van der Waals surface area contributed by atoms with Crippen LogP contribution in [0.1, 0.15) is 89.7 Å². The second-order valence-electron chi connectivity index (χ2n) is 11.6. The number of nitrogens with zero attached hydrogens (tertiary/aromatic N) is 1. The number of H-pyrrole nitrogens is 1. The van der Waals surface area contributed by atoms with Gasteiger partial charge in [0.25, 0.3) is 0 Å². The summed E-state index contributed by atoms with van der Waals surface area (Å²) in [5.41, 5.74) is 3.86. The molecule has 31 heavy (non-hydrogen) atoms. The Bertz CT molecular complexity index is 969. The molecule has 1 aliphatic carbocycles. The lowest BCUT2D eigenvalue weighted by molar-refractivity contribution is -0.146. The lowest BCUT2D eigenvalue weighted by atomic mass is 9.68. The number of piperidine rings is 2. The van der Waals surface area contributed by atoms with E-state index < -0.39 is 0 Å². The molecule has 3 heterocycles. The van der Waals surface area contributed by atoms with Gasteiger partial charge in [-0.3, -0.25) is 4.79 Å². The molecule has 168 valence electrons. The molecule has 1 N–H and O–H groups in total. The maximum atomic E-state index is 13.6. The van der Waals surface area contributed by atoms with E-state index in [4.69, 9.17) is 4.74 Å². The van der Waals surface area contributed by atoms with Crippen molar-refractivity contribution in [2.24, 2.45) is 11.3 Å². The lowest BCUT2D eigenvalue weighted by Crippen LogP contribution is -2.58. The third kappa shape index (κ3) is 3.99. The van der Waals surface area contributed by atoms with Gasteiger partial charge in [-0.1, -0.05) is 33.8 Å². The second kappa shape index (κ2) is 7.56. The average Bonchev–Trinajstić information content (AvgIpc) is 3.37. The van der Waals surface area contributed by atoms with Gasteiger partial charge in [0.1, 0.15) is 5.75 Å². The zero-order valence-electron chi connectivity index (χ0n) is 19.8. The summed E-state index contributed by atoms with van der Waals surface area (Å²) in [6.07, 6.45) is 9.93. The fourth-order valence-electron chi connectivity index (χ4n) is 6.37. The summed E-state index contributed by atoms with van der Waals surface area (Å²) in [5.74, 6) is 2.25. The fraction of sp³-hybridized carbons (Fsp3) is 0.667.